The third-order valence-electron chi connectivity index (χ3n) is 5.03. The normalized spacial score (nSPS) is 12.5. The Hall–Kier alpha value is -2.97. The molecule has 1 aromatic heterocycles. The van der Waals surface area contributed by atoms with Crippen molar-refractivity contribution in [1.82, 2.24) is 19.8 Å². The van der Waals surface area contributed by atoms with E-state index in [0.717, 1.165) is 16.7 Å². The van der Waals surface area contributed by atoms with Crippen molar-refractivity contribution in [3.63, 3.8) is 0 Å². The molecule has 7 nitrogen and oxygen atoms in total. The van der Waals surface area contributed by atoms with Gasteiger partial charge in [-0.3, -0.25) is 9.48 Å². The lowest BCUT2D eigenvalue weighted by Crippen LogP contribution is -2.38. The molecule has 3 rings (SSSR count). The molecule has 31 heavy (non-hydrogen) atoms. The Balaban J connectivity index is 1.69. The third kappa shape index (κ3) is 6.26. The highest BCUT2D eigenvalue weighted by molar-refractivity contribution is 7.89. The molecule has 0 saturated heterocycles. The highest BCUT2D eigenvalue weighted by Gasteiger charge is 2.21. The topological polar surface area (TPSA) is 93.1 Å². The number of hydrogen-bond donors (Lipinski definition) is 2. The minimum absolute atomic E-state index is 0.0539. The SMILES string of the molecule is Cc1ccc(S(=O)(=O)NC[C@H](NC(=O)CCc2cnn(C)c2)c2ccccc2)c(C)c1. The van der Waals surface area contributed by atoms with Gasteiger partial charge in [-0.25, -0.2) is 13.1 Å². The number of carbonyl (C=O) groups excluding carboxylic acids is 1. The number of amides is 1. The lowest BCUT2D eigenvalue weighted by molar-refractivity contribution is -0.121. The molecule has 0 aliphatic carbocycles. The molecule has 0 aliphatic heterocycles. The first-order chi connectivity index (χ1) is 14.7. The van der Waals surface area contributed by atoms with Crippen molar-refractivity contribution in [2.24, 2.45) is 7.05 Å². The van der Waals surface area contributed by atoms with Crippen molar-refractivity contribution < 1.29 is 13.2 Å². The summed E-state index contributed by atoms with van der Waals surface area (Å²) in [4.78, 5) is 12.8. The second kappa shape index (κ2) is 9.89. The number of aromatic nitrogens is 2. The summed E-state index contributed by atoms with van der Waals surface area (Å²) in [7, 11) is -1.88. The van der Waals surface area contributed by atoms with Crippen molar-refractivity contribution in [3.05, 3.63) is 83.2 Å². The molecule has 1 heterocycles. The van der Waals surface area contributed by atoms with E-state index in [9.17, 15) is 13.2 Å². The van der Waals surface area contributed by atoms with Crippen LogP contribution in [0.5, 0.6) is 0 Å². The van der Waals surface area contributed by atoms with Gasteiger partial charge in [0.05, 0.1) is 17.1 Å². The Morgan fingerprint density at radius 1 is 1.13 bits per heavy atom. The van der Waals surface area contributed by atoms with Gasteiger partial charge in [0.2, 0.25) is 15.9 Å². The molecule has 2 aromatic carbocycles. The zero-order valence-corrected chi connectivity index (χ0v) is 18.8. The van der Waals surface area contributed by atoms with Gasteiger partial charge in [-0.05, 0) is 43.0 Å². The number of hydrogen-bond acceptors (Lipinski definition) is 4. The van der Waals surface area contributed by atoms with Crippen molar-refractivity contribution in [2.45, 2.75) is 37.6 Å². The molecule has 0 spiro atoms. The molecule has 3 aromatic rings. The molecule has 8 heteroatoms. The molecule has 0 saturated carbocycles. The van der Waals surface area contributed by atoms with Gasteiger partial charge in [-0.1, -0.05) is 48.0 Å². The van der Waals surface area contributed by atoms with Crippen LogP contribution in [0.3, 0.4) is 0 Å². The number of nitrogens with one attached hydrogen (secondary N) is 2. The zero-order chi connectivity index (χ0) is 22.4. The molecule has 0 bridgehead atoms. The van der Waals surface area contributed by atoms with Gasteiger partial charge in [-0.2, -0.15) is 5.10 Å². The Labute approximate surface area is 183 Å². The average Bonchev–Trinajstić information content (AvgIpc) is 3.15. The molecule has 2 N–H and O–H groups in total. The number of benzene rings is 2. The molecular weight excluding hydrogens is 412 g/mol. The Kier molecular flexibility index (Phi) is 7.25. The van der Waals surface area contributed by atoms with Gasteiger partial charge in [0, 0.05) is 26.2 Å². The van der Waals surface area contributed by atoms with Crippen LogP contribution in [0.15, 0.2) is 65.8 Å². The Morgan fingerprint density at radius 3 is 2.52 bits per heavy atom. The van der Waals surface area contributed by atoms with E-state index in [1.165, 1.54) is 0 Å². The lowest BCUT2D eigenvalue weighted by Gasteiger charge is -2.20. The van der Waals surface area contributed by atoms with Crippen LogP contribution in [-0.4, -0.2) is 30.7 Å². The summed E-state index contributed by atoms with van der Waals surface area (Å²) in [5.41, 5.74) is 3.49. The average molecular weight is 441 g/mol. The first-order valence-corrected chi connectivity index (χ1v) is 11.6. The standard InChI is InChI=1S/C23H28N4O3S/c1-17-9-11-22(18(2)13-17)31(29,30)25-15-21(20-7-5-4-6-8-20)26-23(28)12-10-19-14-24-27(3)16-19/h4-9,11,13-14,16,21,25H,10,12,15H2,1-3H3,(H,26,28)/t21-/m0/s1. The molecule has 164 valence electrons. The maximum absolute atomic E-state index is 12.9. The fourth-order valence-electron chi connectivity index (χ4n) is 3.43. The highest BCUT2D eigenvalue weighted by Crippen LogP contribution is 2.18. The van der Waals surface area contributed by atoms with Crippen LogP contribution in [0.1, 0.15) is 34.7 Å². The van der Waals surface area contributed by atoms with E-state index in [4.69, 9.17) is 0 Å². The molecular formula is C23H28N4O3S. The van der Waals surface area contributed by atoms with Crippen LogP contribution in [0.2, 0.25) is 0 Å². The fourth-order valence-corrected chi connectivity index (χ4v) is 4.71. The summed E-state index contributed by atoms with van der Waals surface area (Å²) in [6, 6.07) is 14.1. The zero-order valence-electron chi connectivity index (χ0n) is 18.0. The number of aryl methyl sites for hydroxylation is 4. The second-order valence-electron chi connectivity index (χ2n) is 7.67. The monoisotopic (exact) mass is 440 g/mol. The number of carbonyl (C=O) groups is 1. The van der Waals surface area contributed by atoms with E-state index in [2.05, 4.69) is 15.1 Å². The summed E-state index contributed by atoms with van der Waals surface area (Å²) in [5.74, 6) is -0.150. The molecule has 1 atom stereocenters. The van der Waals surface area contributed by atoms with Crippen LogP contribution in [0, 0.1) is 13.8 Å². The quantitative estimate of drug-likeness (QED) is 0.535. The van der Waals surface area contributed by atoms with Gasteiger partial charge in [0.25, 0.3) is 0 Å². The van der Waals surface area contributed by atoms with E-state index in [1.807, 2.05) is 56.6 Å². The van der Waals surface area contributed by atoms with Crippen LogP contribution in [-0.2, 0) is 28.3 Å². The Morgan fingerprint density at radius 2 is 1.87 bits per heavy atom. The van der Waals surface area contributed by atoms with Crippen LogP contribution in [0.4, 0.5) is 0 Å². The molecule has 1 amide bonds. The smallest absolute Gasteiger partial charge is 0.240 e. The van der Waals surface area contributed by atoms with Crippen molar-refractivity contribution in [1.29, 1.82) is 0 Å². The van der Waals surface area contributed by atoms with Gasteiger partial charge in [0.15, 0.2) is 0 Å². The minimum Gasteiger partial charge on any atom is -0.348 e. The summed E-state index contributed by atoms with van der Waals surface area (Å²) in [5, 5.41) is 7.07. The van der Waals surface area contributed by atoms with Crippen LogP contribution >= 0.6 is 0 Å². The summed E-state index contributed by atoms with van der Waals surface area (Å²) in [6.45, 7) is 3.75. The maximum Gasteiger partial charge on any atom is 0.240 e. The first kappa shape index (κ1) is 22.7. The molecule has 0 fully saturated rings. The van der Waals surface area contributed by atoms with E-state index in [0.29, 0.717) is 18.4 Å². The maximum atomic E-state index is 12.9. The molecule has 0 radical (unpaired) electrons. The molecule has 0 unspecified atom stereocenters. The van der Waals surface area contributed by atoms with Gasteiger partial charge in [-0.15, -0.1) is 0 Å². The van der Waals surface area contributed by atoms with Gasteiger partial charge in [0.1, 0.15) is 0 Å². The molecule has 0 aliphatic rings. The predicted octanol–water partition coefficient (Wildman–Crippen LogP) is 2.81. The number of nitrogens with zero attached hydrogens (tertiary/aromatic N) is 2. The lowest BCUT2D eigenvalue weighted by atomic mass is 10.1. The summed E-state index contributed by atoms with van der Waals surface area (Å²) < 4.78 is 30.1. The largest absolute Gasteiger partial charge is 0.348 e. The van der Waals surface area contributed by atoms with E-state index in [1.54, 1.807) is 29.9 Å². The van der Waals surface area contributed by atoms with Crippen molar-refractivity contribution >= 4 is 15.9 Å². The predicted molar refractivity (Wildman–Crippen MR) is 120 cm³/mol. The Bertz CT molecular complexity index is 1140. The summed E-state index contributed by atoms with van der Waals surface area (Å²) >= 11 is 0. The van der Waals surface area contributed by atoms with E-state index < -0.39 is 16.1 Å². The second-order valence-corrected chi connectivity index (χ2v) is 9.41. The number of sulfonamides is 1. The fraction of sp³-hybridized carbons (Fsp3) is 0.304. The third-order valence-corrected chi connectivity index (χ3v) is 6.62. The minimum atomic E-state index is -3.71. The highest BCUT2D eigenvalue weighted by atomic mass is 32.2. The summed E-state index contributed by atoms with van der Waals surface area (Å²) in [6.07, 6.45) is 4.47. The van der Waals surface area contributed by atoms with Gasteiger partial charge >= 0.3 is 0 Å². The first-order valence-electron chi connectivity index (χ1n) is 10.1. The number of rotatable bonds is 9. The van der Waals surface area contributed by atoms with Crippen LogP contribution < -0.4 is 10.0 Å². The van der Waals surface area contributed by atoms with Crippen LogP contribution in [0.25, 0.3) is 0 Å². The van der Waals surface area contributed by atoms with Crippen molar-refractivity contribution in [2.75, 3.05) is 6.54 Å². The van der Waals surface area contributed by atoms with E-state index in [-0.39, 0.29) is 17.3 Å². The van der Waals surface area contributed by atoms with Crippen molar-refractivity contribution in [3.8, 4) is 0 Å². The van der Waals surface area contributed by atoms with Gasteiger partial charge < -0.3 is 5.32 Å². The van der Waals surface area contributed by atoms with E-state index >= 15 is 0 Å².